The molecule has 0 aromatic rings. The van der Waals surface area contributed by atoms with Crippen LogP contribution < -0.4 is 0 Å². The van der Waals surface area contributed by atoms with Crippen LogP contribution in [0.1, 0.15) is 27.7 Å². The first-order chi connectivity index (χ1) is 9.96. The summed E-state index contributed by atoms with van der Waals surface area (Å²) in [7, 11) is -3.69. The van der Waals surface area contributed by atoms with Crippen molar-refractivity contribution < 1.29 is 36.3 Å². The second kappa shape index (κ2) is 5.10. The van der Waals surface area contributed by atoms with Gasteiger partial charge in [-0.2, -0.15) is 8.42 Å². The minimum atomic E-state index is -3.69. The van der Waals surface area contributed by atoms with E-state index in [2.05, 4.69) is 0 Å². The van der Waals surface area contributed by atoms with Crippen molar-refractivity contribution in [3.05, 3.63) is 0 Å². The molecule has 128 valence electrons. The van der Waals surface area contributed by atoms with Crippen molar-refractivity contribution in [2.45, 2.75) is 70.0 Å². The lowest BCUT2D eigenvalue weighted by atomic mass is 10.1. The number of fused-ring (bicyclic) bond motifs is 1. The van der Waals surface area contributed by atoms with Crippen molar-refractivity contribution in [2.75, 3.05) is 12.9 Å². The summed E-state index contributed by atoms with van der Waals surface area (Å²) >= 11 is 0. The summed E-state index contributed by atoms with van der Waals surface area (Å²) in [6.07, 6.45) is -2.29. The van der Waals surface area contributed by atoms with Crippen LogP contribution >= 0.6 is 0 Å². The van der Waals surface area contributed by atoms with Gasteiger partial charge in [-0.15, -0.1) is 0 Å². The fourth-order valence-electron chi connectivity index (χ4n) is 2.99. The Kier molecular flexibility index (Phi) is 3.84. The first-order valence-corrected chi connectivity index (χ1v) is 8.99. The van der Waals surface area contributed by atoms with Crippen molar-refractivity contribution in [3.63, 3.8) is 0 Å². The molecule has 0 aliphatic carbocycles. The molecule has 3 fully saturated rings. The van der Waals surface area contributed by atoms with Gasteiger partial charge in [-0.05, 0) is 27.7 Å². The van der Waals surface area contributed by atoms with E-state index in [1.807, 2.05) is 0 Å². The Balaban J connectivity index is 1.81. The van der Waals surface area contributed by atoms with Crippen molar-refractivity contribution in [1.82, 2.24) is 0 Å². The Morgan fingerprint density at radius 3 is 2.23 bits per heavy atom. The van der Waals surface area contributed by atoms with E-state index in [9.17, 15) is 8.42 Å². The van der Waals surface area contributed by atoms with Gasteiger partial charge in [0.15, 0.2) is 17.9 Å². The largest absolute Gasteiger partial charge is 0.348 e. The van der Waals surface area contributed by atoms with Crippen LogP contribution in [0.4, 0.5) is 0 Å². The lowest BCUT2D eigenvalue weighted by Gasteiger charge is -2.28. The van der Waals surface area contributed by atoms with Gasteiger partial charge in [-0.1, -0.05) is 0 Å². The molecular formula is C13H22O8S. The molecule has 3 aliphatic heterocycles. The van der Waals surface area contributed by atoms with Gasteiger partial charge in [0.2, 0.25) is 0 Å². The summed E-state index contributed by atoms with van der Waals surface area (Å²) in [5, 5.41) is 0. The highest BCUT2D eigenvalue weighted by Crippen LogP contribution is 2.42. The van der Waals surface area contributed by atoms with Gasteiger partial charge < -0.3 is 23.7 Å². The predicted octanol–water partition coefficient (Wildman–Crippen LogP) is 0.359. The first-order valence-electron chi connectivity index (χ1n) is 7.17. The quantitative estimate of drug-likeness (QED) is 0.682. The summed E-state index contributed by atoms with van der Waals surface area (Å²) in [6, 6.07) is 0. The summed E-state index contributed by atoms with van der Waals surface area (Å²) in [6.45, 7) is 7.32. The summed E-state index contributed by atoms with van der Waals surface area (Å²) in [5.74, 6) is -1.60. The second-order valence-electron chi connectivity index (χ2n) is 6.70. The summed E-state index contributed by atoms with van der Waals surface area (Å²) in [4.78, 5) is 0. The van der Waals surface area contributed by atoms with Crippen LogP contribution in [0.15, 0.2) is 0 Å². The molecule has 0 aromatic heterocycles. The minimum absolute atomic E-state index is 0.282. The van der Waals surface area contributed by atoms with E-state index < -0.39 is 52.4 Å². The van der Waals surface area contributed by atoms with E-state index in [1.165, 1.54) is 0 Å². The Hall–Kier alpha value is -0.290. The van der Waals surface area contributed by atoms with Gasteiger partial charge in [0, 0.05) is 0 Å². The van der Waals surface area contributed by atoms with Gasteiger partial charge in [0.05, 0.1) is 12.9 Å². The van der Waals surface area contributed by atoms with Crippen molar-refractivity contribution in [2.24, 2.45) is 0 Å². The Labute approximate surface area is 130 Å². The van der Waals surface area contributed by atoms with E-state index in [4.69, 9.17) is 27.9 Å². The molecule has 22 heavy (non-hydrogen) atoms. The van der Waals surface area contributed by atoms with Crippen LogP contribution in [0, 0.1) is 0 Å². The molecule has 3 rings (SSSR count). The lowest BCUT2D eigenvalue weighted by Crippen LogP contribution is -2.45. The Morgan fingerprint density at radius 2 is 1.68 bits per heavy atom. The number of ether oxygens (including phenoxy) is 5. The molecule has 3 heterocycles. The molecule has 0 amide bonds. The van der Waals surface area contributed by atoms with E-state index in [0.717, 1.165) is 6.26 Å². The minimum Gasteiger partial charge on any atom is -0.348 e. The molecule has 0 bridgehead atoms. The number of hydrogen-bond donors (Lipinski definition) is 0. The molecule has 0 saturated carbocycles. The third-order valence-electron chi connectivity index (χ3n) is 3.71. The molecule has 8 nitrogen and oxygen atoms in total. The third kappa shape index (κ3) is 3.30. The van der Waals surface area contributed by atoms with Crippen LogP contribution in [-0.4, -0.2) is 63.6 Å². The zero-order valence-corrected chi connectivity index (χ0v) is 14.1. The van der Waals surface area contributed by atoms with Crippen LogP contribution in [0.2, 0.25) is 0 Å². The molecule has 0 aromatic carbocycles. The normalized spacial score (nSPS) is 43.4. The Morgan fingerprint density at radius 1 is 1.00 bits per heavy atom. The van der Waals surface area contributed by atoms with Crippen molar-refractivity contribution in [3.8, 4) is 0 Å². The monoisotopic (exact) mass is 338 g/mol. The molecule has 5 atom stereocenters. The second-order valence-corrected chi connectivity index (χ2v) is 8.30. The molecule has 0 unspecified atom stereocenters. The summed E-state index contributed by atoms with van der Waals surface area (Å²) < 4.78 is 56.8. The van der Waals surface area contributed by atoms with Gasteiger partial charge in [-0.3, -0.25) is 4.18 Å². The maximum atomic E-state index is 11.6. The highest BCUT2D eigenvalue weighted by atomic mass is 32.2. The molecule has 3 saturated heterocycles. The standard InChI is InChI=1S/C13H22O8S/c1-12(2)16-6-7(18-12)8-9(21-22(5,14)15)10-11(17-8)20-13(3,4)19-10/h7-11H,6H2,1-5H3/t7-,8+,9+,10-,11+/m1/s1. The molecule has 9 heteroatoms. The van der Waals surface area contributed by atoms with Crippen LogP contribution in [-0.2, 0) is 38.0 Å². The van der Waals surface area contributed by atoms with Crippen molar-refractivity contribution >= 4 is 10.1 Å². The highest BCUT2D eigenvalue weighted by molar-refractivity contribution is 7.86. The van der Waals surface area contributed by atoms with Gasteiger partial charge in [0.25, 0.3) is 10.1 Å². The maximum absolute atomic E-state index is 11.6. The maximum Gasteiger partial charge on any atom is 0.264 e. The zero-order valence-electron chi connectivity index (χ0n) is 13.3. The average Bonchev–Trinajstić information content (AvgIpc) is 2.89. The van der Waals surface area contributed by atoms with Crippen LogP contribution in [0.3, 0.4) is 0 Å². The summed E-state index contributed by atoms with van der Waals surface area (Å²) in [5.41, 5.74) is 0. The van der Waals surface area contributed by atoms with Crippen LogP contribution in [0.5, 0.6) is 0 Å². The third-order valence-corrected chi connectivity index (χ3v) is 4.28. The lowest BCUT2D eigenvalue weighted by molar-refractivity contribution is -0.230. The first kappa shape index (κ1) is 16.6. The highest BCUT2D eigenvalue weighted by Gasteiger charge is 2.59. The zero-order chi connectivity index (χ0) is 16.3. The number of rotatable bonds is 3. The fraction of sp³-hybridized carbons (Fsp3) is 1.00. The van der Waals surface area contributed by atoms with E-state index in [0.29, 0.717) is 0 Å². The SMILES string of the molecule is CC1(C)O[C@@H]2O[C@@H]([C@H]3COC(C)(C)O3)[C@H](OS(C)(=O)=O)[C@H]2O1. The van der Waals surface area contributed by atoms with Crippen LogP contribution in [0.25, 0.3) is 0 Å². The van der Waals surface area contributed by atoms with Gasteiger partial charge in [0.1, 0.15) is 24.4 Å². The number of hydrogen-bond acceptors (Lipinski definition) is 8. The molecule has 0 spiro atoms. The van der Waals surface area contributed by atoms with Crippen molar-refractivity contribution in [1.29, 1.82) is 0 Å². The molecule has 3 aliphatic rings. The van der Waals surface area contributed by atoms with Gasteiger partial charge in [-0.25, -0.2) is 0 Å². The predicted molar refractivity (Wildman–Crippen MR) is 73.3 cm³/mol. The topological polar surface area (TPSA) is 89.5 Å². The smallest absolute Gasteiger partial charge is 0.264 e. The van der Waals surface area contributed by atoms with E-state index >= 15 is 0 Å². The van der Waals surface area contributed by atoms with E-state index in [-0.39, 0.29) is 6.61 Å². The van der Waals surface area contributed by atoms with E-state index in [1.54, 1.807) is 27.7 Å². The van der Waals surface area contributed by atoms with Gasteiger partial charge >= 0.3 is 0 Å². The molecule has 0 N–H and O–H groups in total. The molecular weight excluding hydrogens is 316 g/mol. The fourth-order valence-corrected chi connectivity index (χ4v) is 3.61. The molecule has 0 radical (unpaired) electrons. The average molecular weight is 338 g/mol. The Bertz CT molecular complexity index is 542.